The Hall–Kier alpha value is -0.900. The molecule has 2 N–H and O–H groups in total. The Morgan fingerprint density at radius 2 is 2.10 bits per heavy atom. The zero-order valence-electron chi connectivity index (χ0n) is 12.8. The maximum absolute atomic E-state index is 9.04. The quantitative estimate of drug-likeness (QED) is 0.802. The third-order valence-electron chi connectivity index (χ3n) is 4.49. The first kappa shape index (κ1) is 15.5. The zero-order chi connectivity index (χ0) is 14.4. The number of nitrogens with zero attached hydrogens (tertiary/aromatic N) is 1. The summed E-state index contributed by atoms with van der Waals surface area (Å²) in [6, 6.07) is 11.1. The van der Waals surface area contributed by atoms with Gasteiger partial charge in [0.1, 0.15) is 0 Å². The van der Waals surface area contributed by atoms with Crippen molar-refractivity contribution in [2.75, 3.05) is 33.3 Å². The van der Waals surface area contributed by atoms with Crippen molar-refractivity contribution in [3.8, 4) is 0 Å². The molecule has 0 bridgehead atoms. The summed E-state index contributed by atoms with van der Waals surface area (Å²) in [5, 5.41) is 12.5. The summed E-state index contributed by atoms with van der Waals surface area (Å²) in [5.41, 5.74) is 1.37. The number of hydrogen-bond donors (Lipinski definition) is 2. The van der Waals surface area contributed by atoms with Gasteiger partial charge < -0.3 is 15.3 Å². The van der Waals surface area contributed by atoms with Crippen LogP contribution in [0.3, 0.4) is 0 Å². The second kappa shape index (κ2) is 7.77. The molecule has 3 nitrogen and oxygen atoms in total. The van der Waals surface area contributed by atoms with E-state index in [0.717, 1.165) is 19.5 Å². The molecule has 1 fully saturated rings. The molecule has 1 saturated heterocycles. The third kappa shape index (κ3) is 4.05. The topological polar surface area (TPSA) is 35.5 Å². The standard InChI is InChI=1S/C17H28N2O/c1-14(12-19-10-8-15(13-19)9-11-20)17(18-2)16-6-4-3-5-7-16/h3-7,14-15,17-18,20H,8-13H2,1-2H3. The Morgan fingerprint density at radius 1 is 1.35 bits per heavy atom. The van der Waals surface area contributed by atoms with Crippen LogP contribution >= 0.6 is 0 Å². The molecule has 0 amide bonds. The Balaban J connectivity index is 1.89. The van der Waals surface area contributed by atoms with E-state index in [2.05, 4.69) is 47.5 Å². The van der Waals surface area contributed by atoms with E-state index in [1.54, 1.807) is 0 Å². The molecule has 1 heterocycles. The number of likely N-dealkylation sites (tertiary alicyclic amines) is 1. The highest BCUT2D eigenvalue weighted by Gasteiger charge is 2.26. The van der Waals surface area contributed by atoms with Crippen molar-refractivity contribution in [1.82, 2.24) is 10.2 Å². The first-order valence-electron chi connectivity index (χ1n) is 7.80. The number of hydrogen-bond acceptors (Lipinski definition) is 3. The lowest BCUT2D eigenvalue weighted by atomic mass is 9.94. The van der Waals surface area contributed by atoms with Gasteiger partial charge >= 0.3 is 0 Å². The van der Waals surface area contributed by atoms with Crippen LogP contribution < -0.4 is 5.32 Å². The molecule has 3 unspecified atom stereocenters. The van der Waals surface area contributed by atoms with Gasteiger partial charge in [0, 0.05) is 25.7 Å². The summed E-state index contributed by atoms with van der Waals surface area (Å²) in [6.07, 6.45) is 2.20. The van der Waals surface area contributed by atoms with Crippen LogP contribution in [0, 0.1) is 11.8 Å². The number of aliphatic hydroxyl groups excluding tert-OH is 1. The first-order valence-corrected chi connectivity index (χ1v) is 7.80. The van der Waals surface area contributed by atoms with Crippen LogP contribution in [0.15, 0.2) is 30.3 Å². The van der Waals surface area contributed by atoms with E-state index in [1.165, 1.54) is 18.5 Å². The molecule has 0 aliphatic carbocycles. The Kier molecular flexibility index (Phi) is 6.02. The largest absolute Gasteiger partial charge is 0.396 e. The van der Waals surface area contributed by atoms with Crippen molar-refractivity contribution >= 4 is 0 Å². The van der Waals surface area contributed by atoms with Crippen LogP contribution in [-0.2, 0) is 0 Å². The minimum absolute atomic E-state index is 0.331. The number of benzene rings is 1. The Bertz CT molecular complexity index is 382. The van der Waals surface area contributed by atoms with Crippen LogP contribution in [-0.4, -0.2) is 43.3 Å². The maximum atomic E-state index is 9.04. The number of nitrogens with one attached hydrogen (secondary N) is 1. The van der Waals surface area contributed by atoms with E-state index in [-0.39, 0.29) is 0 Å². The summed E-state index contributed by atoms with van der Waals surface area (Å²) >= 11 is 0. The second-order valence-corrected chi connectivity index (χ2v) is 6.08. The predicted molar refractivity (Wildman–Crippen MR) is 83.7 cm³/mol. The molecular formula is C17H28N2O. The van der Waals surface area contributed by atoms with Gasteiger partial charge in [-0.15, -0.1) is 0 Å². The highest BCUT2D eigenvalue weighted by Crippen LogP contribution is 2.25. The van der Waals surface area contributed by atoms with E-state index in [9.17, 15) is 0 Å². The third-order valence-corrected chi connectivity index (χ3v) is 4.49. The molecule has 1 aliphatic rings. The van der Waals surface area contributed by atoms with Crippen LogP contribution in [0.5, 0.6) is 0 Å². The zero-order valence-corrected chi connectivity index (χ0v) is 12.8. The average molecular weight is 276 g/mol. The van der Waals surface area contributed by atoms with Gasteiger partial charge in [-0.05, 0) is 43.8 Å². The molecule has 0 spiro atoms. The molecule has 1 aromatic rings. The second-order valence-electron chi connectivity index (χ2n) is 6.08. The van der Waals surface area contributed by atoms with Crippen molar-refractivity contribution in [3.05, 3.63) is 35.9 Å². The predicted octanol–water partition coefficient (Wildman–Crippen LogP) is 2.29. The molecule has 3 atom stereocenters. The highest BCUT2D eigenvalue weighted by molar-refractivity contribution is 5.19. The molecule has 0 radical (unpaired) electrons. The first-order chi connectivity index (χ1) is 9.74. The fraction of sp³-hybridized carbons (Fsp3) is 0.647. The van der Waals surface area contributed by atoms with E-state index >= 15 is 0 Å². The molecule has 1 aromatic carbocycles. The van der Waals surface area contributed by atoms with Crippen molar-refractivity contribution in [2.24, 2.45) is 11.8 Å². The molecular weight excluding hydrogens is 248 g/mol. The monoisotopic (exact) mass is 276 g/mol. The van der Waals surface area contributed by atoms with Crippen LogP contribution in [0.1, 0.15) is 31.4 Å². The Morgan fingerprint density at radius 3 is 2.75 bits per heavy atom. The van der Waals surface area contributed by atoms with Crippen LogP contribution in [0.25, 0.3) is 0 Å². The summed E-state index contributed by atoms with van der Waals surface area (Å²) < 4.78 is 0. The van der Waals surface area contributed by atoms with E-state index < -0.39 is 0 Å². The summed E-state index contributed by atoms with van der Waals surface area (Å²) in [6.45, 7) is 6.11. The van der Waals surface area contributed by atoms with Gasteiger partial charge in [0.2, 0.25) is 0 Å². The molecule has 1 aliphatic heterocycles. The fourth-order valence-electron chi connectivity index (χ4n) is 3.45. The SMILES string of the molecule is CNC(c1ccccc1)C(C)CN1CCC(CCO)C1. The average Bonchev–Trinajstić information content (AvgIpc) is 2.88. The molecule has 20 heavy (non-hydrogen) atoms. The van der Waals surface area contributed by atoms with Crippen molar-refractivity contribution < 1.29 is 5.11 Å². The lowest BCUT2D eigenvalue weighted by Gasteiger charge is -2.28. The van der Waals surface area contributed by atoms with Gasteiger partial charge in [0.15, 0.2) is 0 Å². The smallest absolute Gasteiger partial charge is 0.0434 e. The number of aliphatic hydroxyl groups is 1. The maximum Gasteiger partial charge on any atom is 0.0434 e. The molecule has 0 saturated carbocycles. The summed E-state index contributed by atoms with van der Waals surface area (Å²) in [4.78, 5) is 2.55. The highest BCUT2D eigenvalue weighted by atomic mass is 16.3. The lowest BCUT2D eigenvalue weighted by Crippen LogP contribution is -2.33. The molecule has 0 aromatic heterocycles. The van der Waals surface area contributed by atoms with Gasteiger partial charge in [0.25, 0.3) is 0 Å². The molecule has 112 valence electrons. The Labute approximate surface area is 123 Å². The minimum Gasteiger partial charge on any atom is -0.396 e. The summed E-state index contributed by atoms with van der Waals surface area (Å²) in [7, 11) is 2.05. The van der Waals surface area contributed by atoms with Crippen molar-refractivity contribution in [3.63, 3.8) is 0 Å². The van der Waals surface area contributed by atoms with Crippen LogP contribution in [0.2, 0.25) is 0 Å². The van der Waals surface area contributed by atoms with E-state index in [1.807, 2.05) is 7.05 Å². The van der Waals surface area contributed by atoms with Gasteiger partial charge in [-0.3, -0.25) is 0 Å². The van der Waals surface area contributed by atoms with Gasteiger partial charge in [-0.25, -0.2) is 0 Å². The van der Waals surface area contributed by atoms with Gasteiger partial charge in [0.05, 0.1) is 0 Å². The minimum atomic E-state index is 0.331. The number of rotatable bonds is 7. The van der Waals surface area contributed by atoms with E-state index in [4.69, 9.17) is 5.11 Å². The van der Waals surface area contributed by atoms with Crippen molar-refractivity contribution in [1.29, 1.82) is 0 Å². The van der Waals surface area contributed by atoms with Gasteiger partial charge in [-0.1, -0.05) is 37.3 Å². The van der Waals surface area contributed by atoms with Gasteiger partial charge in [-0.2, -0.15) is 0 Å². The molecule has 2 rings (SSSR count). The summed E-state index contributed by atoms with van der Waals surface area (Å²) in [5.74, 6) is 1.27. The normalized spacial score (nSPS) is 22.9. The molecule has 3 heteroatoms. The fourth-order valence-corrected chi connectivity index (χ4v) is 3.45. The lowest BCUT2D eigenvalue weighted by molar-refractivity contribution is 0.228. The van der Waals surface area contributed by atoms with E-state index in [0.29, 0.717) is 24.5 Å². The van der Waals surface area contributed by atoms with Crippen LogP contribution in [0.4, 0.5) is 0 Å². The van der Waals surface area contributed by atoms with Crippen molar-refractivity contribution in [2.45, 2.75) is 25.8 Å².